The van der Waals surface area contributed by atoms with Gasteiger partial charge in [-0.25, -0.2) is 0 Å². The second-order valence-corrected chi connectivity index (χ2v) is 2.81. The zero-order valence-corrected chi connectivity index (χ0v) is 7.00. The van der Waals surface area contributed by atoms with E-state index in [9.17, 15) is 4.79 Å². The van der Waals surface area contributed by atoms with Crippen LogP contribution in [-0.4, -0.2) is 30.2 Å². The van der Waals surface area contributed by atoms with E-state index in [1.165, 1.54) is 0 Å². The summed E-state index contributed by atoms with van der Waals surface area (Å²) < 4.78 is 0. The maximum Gasteiger partial charge on any atom is 0.221 e. The Bertz CT molecular complexity index is 126. The zero-order valence-electron chi connectivity index (χ0n) is 7.00. The van der Waals surface area contributed by atoms with Crippen molar-refractivity contribution < 1.29 is 9.90 Å². The first-order valence-corrected chi connectivity index (χ1v) is 3.72. The summed E-state index contributed by atoms with van der Waals surface area (Å²) >= 11 is 0. The van der Waals surface area contributed by atoms with E-state index in [-0.39, 0.29) is 17.9 Å². The van der Waals surface area contributed by atoms with Gasteiger partial charge in [0.25, 0.3) is 0 Å². The van der Waals surface area contributed by atoms with E-state index >= 15 is 0 Å². The van der Waals surface area contributed by atoms with Crippen molar-refractivity contribution in [3.8, 4) is 0 Å². The second-order valence-electron chi connectivity index (χ2n) is 2.81. The molecule has 11 heavy (non-hydrogen) atoms. The number of nitrogens with one attached hydrogen (secondary N) is 1. The van der Waals surface area contributed by atoms with Crippen molar-refractivity contribution in [1.82, 2.24) is 5.32 Å². The van der Waals surface area contributed by atoms with Crippen LogP contribution in [-0.2, 0) is 4.79 Å². The molecule has 4 nitrogen and oxygen atoms in total. The molecule has 0 fully saturated rings. The number of carbonyl (C=O) groups is 1. The molecule has 0 heterocycles. The van der Waals surface area contributed by atoms with Gasteiger partial charge in [0.2, 0.25) is 5.91 Å². The minimum Gasteiger partial charge on any atom is -0.392 e. The molecule has 0 aromatic rings. The van der Waals surface area contributed by atoms with Gasteiger partial charge in [-0.2, -0.15) is 0 Å². The average molecular weight is 160 g/mol. The van der Waals surface area contributed by atoms with Crippen LogP contribution in [0.3, 0.4) is 0 Å². The summed E-state index contributed by atoms with van der Waals surface area (Å²) in [5.74, 6) is -0.489. The Morgan fingerprint density at radius 3 is 2.45 bits per heavy atom. The number of nitrogens with two attached hydrogens (primary N) is 1. The third-order valence-corrected chi connectivity index (χ3v) is 1.38. The van der Waals surface area contributed by atoms with Crippen molar-refractivity contribution in [2.45, 2.75) is 20.0 Å². The Balaban J connectivity index is 3.31. The van der Waals surface area contributed by atoms with Gasteiger partial charge in [-0.3, -0.25) is 4.79 Å². The fourth-order valence-corrected chi connectivity index (χ4v) is 0.609. The summed E-state index contributed by atoms with van der Waals surface area (Å²) in [6.45, 7) is 4.46. The minimum absolute atomic E-state index is 0.172. The molecule has 0 aliphatic rings. The fourth-order valence-electron chi connectivity index (χ4n) is 0.609. The van der Waals surface area contributed by atoms with Crippen molar-refractivity contribution in [2.75, 3.05) is 13.1 Å². The average Bonchev–Trinajstić information content (AvgIpc) is 1.86. The molecule has 0 saturated heterocycles. The van der Waals surface area contributed by atoms with Crippen molar-refractivity contribution in [1.29, 1.82) is 0 Å². The first kappa shape index (κ1) is 10.4. The number of primary amides is 1. The van der Waals surface area contributed by atoms with Crippen LogP contribution in [0, 0.1) is 5.92 Å². The highest BCUT2D eigenvalue weighted by Gasteiger charge is 2.07. The van der Waals surface area contributed by atoms with Gasteiger partial charge in [-0.05, 0) is 6.92 Å². The highest BCUT2D eigenvalue weighted by Crippen LogP contribution is 1.89. The Hall–Kier alpha value is -0.610. The topological polar surface area (TPSA) is 75.3 Å². The van der Waals surface area contributed by atoms with Crippen LogP contribution in [0.4, 0.5) is 0 Å². The first-order chi connectivity index (χ1) is 5.04. The van der Waals surface area contributed by atoms with Gasteiger partial charge in [0.05, 0.1) is 6.10 Å². The van der Waals surface area contributed by atoms with E-state index in [1.54, 1.807) is 13.8 Å². The van der Waals surface area contributed by atoms with Gasteiger partial charge in [0.15, 0.2) is 0 Å². The summed E-state index contributed by atoms with van der Waals surface area (Å²) in [6.07, 6.45) is -0.380. The van der Waals surface area contributed by atoms with Crippen molar-refractivity contribution in [3.05, 3.63) is 0 Å². The lowest BCUT2D eigenvalue weighted by atomic mass is 10.2. The minimum atomic E-state index is -0.380. The van der Waals surface area contributed by atoms with Crippen LogP contribution in [0.25, 0.3) is 0 Å². The Morgan fingerprint density at radius 2 is 2.09 bits per heavy atom. The van der Waals surface area contributed by atoms with Crippen LogP contribution in [0.5, 0.6) is 0 Å². The van der Waals surface area contributed by atoms with E-state index in [0.29, 0.717) is 13.1 Å². The summed E-state index contributed by atoms with van der Waals surface area (Å²) in [5.41, 5.74) is 5.01. The molecule has 1 amide bonds. The highest BCUT2D eigenvalue weighted by molar-refractivity contribution is 5.76. The van der Waals surface area contributed by atoms with E-state index in [1.807, 2.05) is 0 Å². The molecule has 4 heteroatoms. The van der Waals surface area contributed by atoms with Crippen molar-refractivity contribution >= 4 is 5.91 Å². The summed E-state index contributed by atoms with van der Waals surface area (Å²) in [6, 6.07) is 0. The molecule has 0 aliphatic carbocycles. The molecule has 0 aromatic carbocycles. The lowest BCUT2D eigenvalue weighted by molar-refractivity contribution is -0.121. The molecular weight excluding hydrogens is 144 g/mol. The summed E-state index contributed by atoms with van der Waals surface area (Å²) in [7, 11) is 0. The number of hydrogen-bond acceptors (Lipinski definition) is 3. The van der Waals surface area contributed by atoms with Gasteiger partial charge in [-0.15, -0.1) is 0 Å². The number of amides is 1. The number of hydrogen-bond donors (Lipinski definition) is 3. The van der Waals surface area contributed by atoms with Crippen LogP contribution in [0.15, 0.2) is 0 Å². The van der Waals surface area contributed by atoms with Crippen LogP contribution in [0.2, 0.25) is 0 Å². The molecule has 66 valence electrons. The zero-order chi connectivity index (χ0) is 8.85. The normalized spacial score (nSPS) is 15.9. The lowest BCUT2D eigenvalue weighted by Crippen LogP contribution is -2.34. The number of aliphatic hydroxyl groups excluding tert-OH is 1. The highest BCUT2D eigenvalue weighted by atomic mass is 16.3. The van der Waals surface area contributed by atoms with Crippen LogP contribution >= 0.6 is 0 Å². The predicted molar refractivity (Wildman–Crippen MR) is 42.9 cm³/mol. The first-order valence-electron chi connectivity index (χ1n) is 3.72. The second kappa shape index (κ2) is 5.09. The quantitative estimate of drug-likeness (QED) is 0.487. The molecule has 0 aliphatic heterocycles. The van der Waals surface area contributed by atoms with Crippen molar-refractivity contribution in [2.24, 2.45) is 11.7 Å². The molecule has 2 unspecified atom stereocenters. The predicted octanol–water partition coefficient (Wildman–Crippen LogP) is -0.922. The van der Waals surface area contributed by atoms with E-state index in [0.717, 1.165) is 0 Å². The SMILES string of the molecule is CC(O)CNCC(C)C(N)=O. The van der Waals surface area contributed by atoms with Gasteiger partial charge in [-0.1, -0.05) is 6.92 Å². The van der Waals surface area contributed by atoms with Crippen molar-refractivity contribution in [3.63, 3.8) is 0 Å². The smallest absolute Gasteiger partial charge is 0.221 e. The Morgan fingerprint density at radius 1 is 1.55 bits per heavy atom. The lowest BCUT2D eigenvalue weighted by Gasteiger charge is -2.09. The summed E-state index contributed by atoms with van der Waals surface area (Å²) in [4.78, 5) is 10.5. The van der Waals surface area contributed by atoms with E-state index in [4.69, 9.17) is 10.8 Å². The van der Waals surface area contributed by atoms with Gasteiger partial charge < -0.3 is 16.2 Å². The number of rotatable bonds is 5. The molecule has 0 saturated carbocycles. The number of aliphatic hydroxyl groups is 1. The van der Waals surface area contributed by atoms with E-state index < -0.39 is 0 Å². The molecule has 2 atom stereocenters. The molecule has 4 N–H and O–H groups in total. The van der Waals surface area contributed by atoms with Crippen LogP contribution in [0.1, 0.15) is 13.8 Å². The standard InChI is InChI=1S/C7H16N2O2/c1-5(7(8)11)3-9-4-6(2)10/h5-6,9-10H,3-4H2,1-2H3,(H2,8,11). The molecule has 0 bridgehead atoms. The van der Waals surface area contributed by atoms with Crippen LogP contribution < -0.4 is 11.1 Å². The third-order valence-electron chi connectivity index (χ3n) is 1.38. The molecule has 0 rings (SSSR count). The summed E-state index contributed by atoms with van der Waals surface area (Å²) in [5, 5.41) is 11.7. The van der Waals surface area contributed by atoms with Gasteiger partial charge in [0.1, 0.15) is 0 Å². The third kappa shape index (κ3) is 5.82. The fraction of sp³-hybridized carbons (Fsp3) is 0.857. The number of carbonyl (C=O) groups excluding carboxylic acids is 1. The maximum atomic E-state index is 10.5. The Labute approximate surface area is 66.8 Å². The maximum absolute atomic E-state index is 10.5. The van der Waals surface area contributed by atoms with Gasteiger partial charge >= 0.3 is 0 Å². The largest absolute Gasteiger partial charge is 0.392 e. The molecule has 0 radical (unpaired) electrons. The molecular formula is C7H16N2O2. The Kier molecular flexibility index (Phi) is 4.81. The van der Waals surface area contributed by atoms with E-state index in [2.05, 4.69) is 5.32 Å². The molecule has 0 spiro atoms. The van der Waals surface area contributed by atoms with Gasteiger partial charge in [0, 0.05) is 19.0 Å². The monoisotopic (exact) mass is 160 g/mol. The molecule has 0 aromatic heterocycles.